The van der Waals surface area contributed by atoms with E-state index in [1.54, 1.807) is 37.3 Å². The van der Waals surface area contributed by atoms with Crippen LogP contribution in [0.2, 0.25) is 0 Å². The highest BCUT2D eigenvalue weighted by atomic mass is 32.2. The molecule has 0 atom stereocenters. The molecule has 2 heterocycles. The van der Waals surface area contributed by atoms with Crippen LogP contribution < -0.4 is 10.0 Å². The number of rotatable bonds is 8. The lowest BCUT2D eigenvalue weighted by molar-refractivity contribution is 0.102. The minimum absolute atomic E-state index is 0.0000356. The van der Waals surface area contributed by atoms with Crippen LogP contribution in [-0.4, -0.2) is 19.3 Å². The molecule has 0 bridgehead atoms. The molecule has 0 saturated carbocycles. The zero-order chi connectivity index (χ0) is 24.3. The van der Waals surface area contributed by atoms with E-state index >= 15 is 0 Å². The third kappa shape index (κ3) is 5.58. The maximum atomic E-state index is 13.2. The molecule has 176 valence electrons. The summed E-state index contributed by atoms with van der Waals surface area (Å²) >= 11 is 1.33. The lowest BCUT2D eigenvalue weighted by Gasteiger charge is -2.10. The van der Waals surface area contributed by atoms with Crippen LogP contribution in [0.25, 0.3) is 0 Å². The van der Waals surface area contributed by atoms with Gasteiger partial charge in [-0.2, -0.15) is 0 Å². The Hall–Kier alpha value is -3.34. The summed E-state index contributed by atoms with van der Waals surface area (Å²) in [5.74, 6) is -0.277. The van der Waals surface area contributed by atoms with Crippen LogP contribution in [0.15, 0.2) is 70.2 Å². The molecule has 0 unspecified atom stereocenters. The molecule has 0 spiro atoms. The molecule has 0 radical (unpaired) electrons. The third-order valence-electron chi connectivity index (χ3n) is 5.17. The number of benzene rings is 2. The summed E-state index contributed by atoms with van der Waals surface area (Å²) in [5, 5.41) is 3.17. The van der Waals surface area contributed by atoms with Gasteiger partial charge < -0.3 is 4.42 Å². The summed E-state index contributed by atoms with van der Waals surface area (Å²) in [6.07, 6.45) is 2.02. The Morgan fingerprint density at radius 3 is 2.59 bits per heavy atom. The largest absolute Gasteiger partial charge is 0.468 e. The highest BCUT2D eigenvalue weighted by Gasteiger charge is 2.20. The number of sulfonamides is 1. The SMILES string of the molecule is Cc1ccc(S(=O)(=O)NCc2ccco2)cc1C(=O)Nc1nc(C)c(Cc2ccc(F)cc2)s1. The monoisotopic (exact) mass is 499 g/mol. The number of thiazole rings is 1. The predicted molar refractivity (Wildman–Crippen MR) is 128 cm³/mol. The van der Waals surface area contributed by atoms with Crippen molar-refractivity contribution in [2.24, 2.45) is 0 Å². The van der Waals surface area contributed by atoms with Gasteiger partial charge in [0.25, 0.3) is 5.91 Å². The normalized spacial score (nSPS) is 11.5. The molecular weight excluding hydrogens is 477 g/mol. The predicted octanol–water partition coefficient (Wildman–Crippen LogP) is 4.81. The van der Waals surface area contributed by atoms with Crippen molar-refractivity contribution in [2.75, 3.05) is 5.32 Å². The molecule has 2 N–H and O–H groups in total. The van der Waals surface area contributed by atoms with Crippen molar-refractivity contribution in [3.63, 3.8) is 0 Å². The molecule has 7 nitrogen and oxygen atoms in total. The first-order chi connectivity index (χ1) is 16.2. The van der Waals surface area contributed by atoms with Crippen LogP contribution in [0.4, 0.5) is 9.52 Å². The molecule has 4 rings (SSSR count). The molecule has 2 aromatic carbocycles. The minimum Gasteiger partial charge on any atom is -0.468 e. The van der Waals surface area contributed by atoms with Gasteiger partial charge in [0.2, 0.25) is 10.0 Å². The van der Waals surface area contributed by atoms with Gasteiger partial charge in [-0.3, -0.25) is 10.1 Å². The zero-order valence-corrected chi connectivity index (χ0v) is 20.1. The number of aryl methyl sites for hydroxylation is 2. The van der Waals surface area contributed by atoms with Crippen LogP contribution in [0, 0.1) is 19.7 Å². The summed E-state index contributed by atoms with van der Waals surface area (Å²) in [5.41, 5.74) is 2.55. The quantitative estimate of drug-likeness (QED) is 0.362. The first-order valence-electron chi connectivity index (χ1n) is 10.4. The van der Waals surface area contributed by atoms with Gasteiger partial charge in [0.15, 0.2) is 5.13 Å². The topological polar surface area (TPSA) is 101 Å². The average Bonchev–Trinajstić information content (AvgIpc) is 3.44. The maximum absolute atomic E-state index is 13.2. The maximum Gasteiger partial charge on any atom is 0.257 e. The van der Waals surface area contributed by atoms with Crippen LogP contribution in [0.1, 0.15) is 37.8 Å². The second-order valence-corrected chi connectivity index (χ2v) is 10.5. The van der Waals surface area contributed by atoms with Crippen molar-refractivity contribution in [1.29, 1.82) is 0 Å². The zero-order valence-electron chi connectivity index (χ0n) is 18.5. The van der Waals surface area contributed by atoms with E-state index in [9.17, 15) is 17.6 Å². The van der Waals surface area contributed by atoms with Gasteiger partial charge in [-0.25, -0.2) is 22.5 Å². The fraction of sp³-hybridized carbons (Fsp3) is 0.167. The minimum atomic E-state index is -3.85. The summed E-state index contributed by atoms with van der Waals surface area (Å²) in [6.45, 7) is 3.57. The van der Waals surface area contributed by atoms with Gasteiger partial charge in [0, 0.05) is 16.9 Å². The number of halogens is 1. The van der Waals surface area contributed by atoms with E-state index < -0.39 is 15.9 Å². The number of carbonyl (C=O) groups excluding carboxylic acids is 1. The molecule has 10 heteroatoms. The number of nitrogens with zero attached hydrogens (tertiary/aromatic N) is 1. The van der Waals surface area contributed by atoms with E-state index in [1.165, 1.54) is 41.9 Å². The number of hydrogen-bond donors (Lipinski definition) is 2. The van der Waals surface area contributed by atoms with Crippen LogP contribution >= 0.6 is 11.3 Å². The Labute approximate surface area is 200 Å². The molecule has 34 heavy (non-hydrogen) atoms. The number of hydrogen-bond acceptors (Lipinski definition) is 6. The number of furan rings is 1. The second-order valence-electron chi connectivity index (χ2n) is 7.67. The summed E-state index contributed by atoms with van der Waals surface area (Å²) in [7, 11) is -3.85. The van der Waals surface area contributed by atoms with Crippen LogP contribution in [0.5, 0.6) is 0 Å². The Bertz CT molecular complexity index is 1410. The van der Waals surface area contributed by atoms with E-state index in [0.29, 0.717) is 22.9 Å². The molecule has 0 aliphatic rings. The fourth-order valence-electron chi connectivity index (χ4n) is 3.27. The van der Waals surface area contributed by atoms with Gasteiger partial charge in [-0.05, 0) is 61.4 Å². The Kier molecular flexibility index (Phi) is 6.92. The summed E-state index contributed by atoms with van der Waals surface area (Å²) < 4.78 is 46.2. The number of anilines is 1. The Morgan fingerprint density at radius 1 is 1.12 bits per heavy atom. The van der Waals surface area contributed by atoms with Crippen molar-refractivity contribution in [2.45, 2.75) is 31.7 Å². The Balaban J connectivity index is 1.49. The van der Waals surface area contributed by atoms with Crippen molar-refractivity contribution in [3.05, 3.63) is 99.7 Å². The highest BCUT2D eigenvalue weighted by Crippen LogP contribution is 2.26. The van der Waals surface area contributed by atoms with E-state index in [0.717, 1.165) is 16.1 Å². The van der Waals surface area contributed by atoms with Gasteiger partial charge in [0.1, 0.15) is 11.6 Å². The van der Waals surface area contributed by atoms with Crippen molar-refractivity contribution in [3.8, 4) is 0 Å². The van der Waals surface area contributed by atoms with Gasteiger partial charge in [-0.15, -0.1) is 11.3 Å². The van der Waals surface area contributed by atoms with E-state index in [1.807, 2.05) is 6.92 Å². The van der Waals surface area contributed by atoms with E-state index in [2.05, 4.69) is 15.0 Å². The molecule has 2 aromatic heterocycles. The van der Waals surface area contributed by atoms with Crippen molar-refractivity contribution in [1.82, 2.24) is 9.71 Å². The smallest absolute Gasteiger partial charge is 0.257 e. The highest BCUT2D eigenvalue weighted by molar-refractivity contribution is 7.89. The molecule has 4 aromatic rings. The van der Waals surface area contributed by atoms with E-state index in [-0.39, 0.29) is 22.8 Å². The second kappa shape index (κ2) is 9.88. The molecule has 0 aliphatic heterocycles. The number of amides is 1. The van der Waals surface area contributed by atoms with Gasteiger partial charge in [-0.1, -0.05) is 18.2 Å². The lowest BCUT2D eigenvalue weighted by atomic mass is 10.1. The molecule has 1 amide bonds. The number of carbonyl (C=O) groups is 1. The summed E-state index contributed by atoms with van der Waals surface area (Å²) in [6, 6.07) is 13.9. The summed E-state index contributed by atoms with van der Waals surface area (Å²) in [4.78, 5) is 18.3. The molecular formula is C24H22FN3O4S2. The Morgan fingerprint density at radius 2 is 1.88 bits per heavy atom. The first-order valence-corrected chi connectivity index (χ1v) is 12.7. The van der Waals surface area contributed by atoms with Crippen LogP contribution in [0.3, 0.4) is 0 Å². The average molecular weight is 500 g/mol. The fourth-order valence-corrected chi connectivity index (χ4v) is 5.28. The van der Waals surface area contributed by atoms with Gasteiger partial charge in [0.05, 0.1) is 23.4 Å². The van der Waals surface area contributed by atoms with Crippen molar-refractivity contribution >= 4 is 32.4 Å². The molecule has 0 fully saturated rings. The molecule has 0 aliphatic carbocycles. The first kappa shape index (κ1) is 23.8. The molecule has 0 saturated heterocycles. The van der Waals surface area contributed by atoms with Crippen molar-refractivity contribution < 1.29 is 22.0 Å². The number of nitrogens with one attached hydrogen (secondary N) is 2. The lowest BCUT2D eigenvalue weighted by Crippen LogP contribution is -2.24. The third-order valence-corrected chi connectivity index (χ3v) is 7.64. The van der Waals surface area contributed by atoms with Gasteiger partial charge >= 0.3 is 0 Å². The van der Waals surface area contributed by atoms with E-state index in [4.69, 9.17) is 4.42 Å². The van der Waals surface area contributed by atoms with Crippen LogP contribution in [-0.2, 0) is 23.0 Å². The standard InChI is InChI=1S/C24H22FN3O4S2/c1-15-5-10-20(34(30,31)26-14-19-4-3-11-32-19)13-21(15)23(29)28-24-27-16(2)22(33-24)12-17-6-8-18(25)9-7-17/h3-11,13,26H,12,14H2,1-2H3,(H,27,28,29). The number of aromatic nitrogens is 1.